The van der Waals surface area contributed by atoms with Gasteiger partial charge in [0.25, 0.3) is 0 Å². The summed E-state index contributed by atoms with van der Waals surface area (Å²) in [6.45, 7) is 1.90. The zero-order valence-corrected chi connectivity index (χ0v) is 16.9. The van der Waals surface area contributed by atoms with Gasteiger partial charge in [-0.15, -0.1) is 10.2 Å². The Kier molecular flexibility index (Phi) is 5.10. The van der Waals surface area contributed by atoms with Crippen LogP contribution in [0.15, 0.2) is 24.3 Å². The van der Waals surface area contributed by atoms with Gasteiger partial charge in [-0.2, -0.15) is 0 Å². The van der Waals surface area contributed by atoms with Crippen molar-refractivity contribution >= 4 is 5.91 Å². The Morgan fingerprint density at radius 2 is 1.79 bits per heavy atom. The second kappa shape index (κ2) is 7.88. The van der Waals surface area contributed by atoms with Gasteiger partial charge in [-0.05, 0) is 29.4 Å². The molecule has 0 atom stereocenters. The van der Waals surface area contributed by atoms with Crippen molar-refractivity contribution in [2.24, 2.45) is 17.8 Å². The minimum Gasteiger partial charge on any atom is -0.333 e. The van der Waals surface area contributed by atoms with Crippen LogP contribution in [0.25, 0.3) is 0 Å². The quantitative estimate of drug-likeness (QED) is 0.743. The number of nitrogens with zero attached hydrogens (tertiary/aromatic N) is 4. The first-order valence-corrected chi connectivity index (χ1v) is 11.1. The number of benzene rings is 1. The van der Waals surface area contributed by atoms with Crippen LogP contribution >= 0.6 is 0 Å². The van der Waals surface area contributed by atoms with E-state index in [0.717, 1.165) is 23.5 Å². The highest BCUT2D eigenvalue weighted by Gasteiger charge is 2.38. The fourth-order valence-electron chi connectivity index (χ4n) is 5.16. The average Bonchev–Trinajstić information content (AvgIpc) is 3.03. The topological polar surface area (TPSA) is 51.0 Å². The van der Waals surface area contributed by atoms with Gasteiger partial charge >= 0.3 is 0 Å². The molecular weight excluding hydrogens is 367 g/mol. The van der Waals surface area contributed by atoms with Crippen LogP contribution in [0.2, 0.25) is 0 Å². The van der Waals surface area contributed by atoms with E-state index in [1.54, 1.807) is 12.1 Å². The molecule has 5 nitrogen and oxygen atoms in total. The van der Waals surface area contributed by atoms with E-state index >= 15 is 0 Å². The third-order valence-corrected chi connectivity index (χ3v) is 7.41. The number of halogens is 1. The molecule has 29 heavy (non-hydrogen) atoms. The zero-order valence-electron chi connectivity index (χ0n) is 16.9. The van der Waals surface area contributed by atoms with Crippen LogP contribution in [0.4, 0.5) is 4.39 Å². The molecule has 3 aliphatic rings. The van der Waals surface area contributed by atoms with Gasteiger partial charge in [-0.25, -0.2) is 4.39 Å². The van der Waals surface area contributed by atoms with Crippen molar-refractivity contribution in [3.8, 4) is 0 Å². The molecule has 1 aromatic carbocycles. The molecule has 2 aromatic rings. The molecule has 154 valence electrons. The first-order valence-electron chi connectivity index (χ1n) is 11.1. The number of rotatable bonds is 6. The van der Waals surface area contributed by atoms with E-state index in [1.807, 2.05) is 11.0 Å². The van der Waals surface area contributed by atoms with Crippen LogP contribution in [-0.2, 0) is 24.3 Å². The summed E-state index contributed by atoms with van der Waals surface area (Å²) in [7, 11) is 0. The first kappa shape index (κ1) is 18.8. The maximum absolute atomic E-state index is 14.0. The predicted octanol–water partition coefficient (Wildman–Crippen LogP) is 3.96. The maximum atomic E-state index is 14.0. The fourth-order valence-corrected chi connectivity index (χ4v) is 5.16. The highest BCUT2D eigenvalue weighted by atomic mass is 19.1. The molecule has 6 heteroatoms. The lowest BCUT2D eigenvalue weighted by Crippen LogP contribution is -2.42. The molecule has 0 N–H and O–H groups in total. The molecule has 0 spiro atoms. The monoisotopic (exact) mass is 396 g/mol. The minimum absolute atomic E-state index is 0.213. The number of carbonyl (C=O) groups excluding carboxylic acids is 1. The van der Waals surface area contributed by atoms with Crippen molar-refractivity contribution in [2.75, 3.05) is 6.54 Å². The molecule has 1 aliphatic heterocycles. The highest BCUT2D eigenvalue weighted by Crippen LogP contribution is 2.46. The van der Waals surface area contributed by atoms with Gasteiger partial charge in [-0.3, -0.25) is 4.79 Å². The summed E-state index contributed by atoms with van der Waals surface area (Å²) < 4.78 is 16.1. The van der Waals surface area contributed by atoms with E-state index in [2.05, 4.69) is 14.8 Å². The normalized spacial score (nSPS) is 19.7. The van der Waals surface area contributed by atoms with E-state index < -0.39 is 0 Å². The summed E-state index contributed by atoms with van der Waals surface area (Å²) >= 11 is 0. The molecule has 0 saturated heterocycles. The van der Waals surface area contributed by atoms with Crippen molar-refractivity contribution in [3.05, 3.63) is 47.3 Å². The second-order valence-corrected chi connectivity index (χ2v) is 9.02. The fraction of sp³-hybridized carbons (Fsp3) is 0.609. The number of hydrogen-bond acceptors (Lipinski definition) is 3. The van der Waals surface area contributed by atoms with Crippen LogP contribution in [0.5, 0.6) is 0 Å². The van der Waals surface area contributed by atoms with Gasteiger partial charge in [0.15, 0.2) is 5.82 Å². The number of fused-ring (bicyclic) bond motifs is 1. The van der Waals surface area contributed by atoms with Gasteiger partial charge in [0.2, 0.25) is 5.91 Å². The second-order valence-electron chi connectivity index (χ2n) is 9.02. The van der Waals surface area contributed by atoms with Crippen LogP contribution < -0.4 is 0 Å². The summed E-state index contributed by atoms with van der Waals surface area (Å²) in [6.07, 6.45) is 9.03. The molecule has 1 aromatic heterocycles. The predicted molar refractivity (Wildman–Crippen MR) is 107 cm³/mol. The zero-order chi connectivity index (χ0) is 19.8. The average molecular weight is 397 g/mol. The SMILES string of the molecule is O=C(CC(C1CCC1)C1CCC1)N1CCn2c(Cc3ccccc3F)nnc2C1. The molecule has 0 unspecified atom stereocenters. The van der Waals surface area contributed by atoms with Gasteiger partial charge < -0.3 is 9.47 Å². The van der Waals surface area contributed by atoms with Crippen LogP contribution in [0.1, 0.15) is 62.2 Å². The van der Waals surface area contributed by atoms with Crippen molar-refractivity contribution in [1.29, 1.82) is 0 Å². The Balaban J connectivity index is 1.24. The van der Waals surface area contributed by atoms with E-state index in [-0.39, 0.29) is 11.7 Å². The Labute approximate surface area is 171 Å². The van der Waals surface area contributed by atoms with Crippen molar-refractivity contribution in [1.82, 2.24) is 19.7 Å². The molecule has 2 heterocycles. The highest BCUT2D eigenvalue weighted by molar-refractivity contribution is 5.76. The minimum atomic E-state index is -0.213. The van der Waals surface area contributed by atoms with E-state index in [9.17, 15) is 9.18 Å². The number of carbonyl (C=O) groups is 1. The Bertz CT molecular complexity index is 873. The number of amides is 1. The molecule has 0 radical (unpaired) electrons. The molecule has 0 bridgehead atoms. The van der Waals surface area contributed by atoms with Gasteiger partial charge in [0.05, 0.1) is 6.54 Å². The van der Waals surface area contributed by atoms with Gasteiger partial charge in [-0.1, -0.05) is 56.7 Å². The molecule has 2 fully saturated rings. The molecule has 5 rings (SSSR count). The lowest BCUT2D eigenvalue weighted by Gasteiger charge is -2.43. The van der Waals surface area contributed by atoms with Crippen molar-refractivity contribution in [2.45, 2.75) is 64.5 Å². The van der Waals surface area contributed by atoms with Gasteiger partial charge in [0, 0.05) is 25.9 Å². The summed E-state index contributed by atoms with van der Waals surface area (Å²) in [5.41, 5.74) is 0.630. The third-order valence-electron chi connectivity index (χ3n) is 7.41. The lowest BCUT2D eigenvalue weighted by molar-refractivity contribution is -0.135. The Morgan fingerprint density at radius 3 is 2.45 bits per heavy atom. The maximum Gasteiger partial charge on any atom is 0.223 e. The van der Waals surface area contributed by atoms with Gasteiger partial charge in [0.1, 0.15) is 11.6 Å². The summed E-state index contributed by atoms with van der Waals surface area (Å²) in [4.78, 5) is 15.0. The summed E-state index contributed by atoms with van der Waals surface area (Å²) in [6, 6.07) is 6.80. The Morgan fingerprint density at radius 1 is 1.07 bits per heavy atom. The smallest absolute Gasteiger partial charge is 0.223 e. The third kappa shape index (κ3) is 3.69. The van der Waals surface area contributed by atoms with Crippen molar-refractivity contribution in [3.63, 3.8) is 0 Å². The van der Waals surface area contributed by atoms with Crippen LogP contribution in [0, 0.1) is 23.6 Å². The summed E-state index contributed by atoms with van der Waals surface area (Å²) in [5, 5.41) is 8.61. The van der Waals surface area contributed by atoms with E-state index in [4.69, 9.17) is 0 Å². The number of hydrogen-bond donors (Lipinski definition) is 0. The molecular formula is C23H29FN4O. The largest absolute Gasteiger partial charge is 0.333 e. The summed E-state index contributed by atoms with van der Waals surface area (Å²) in [5.74, 6) is 3.78. The first-order chi connectivity index (χ1) is 14.2. The van der Waals surface area contributed by atoms with Crippen LogP contribution in [0.3, 0.4) is 0 Å². The Hall–Kier alpha value is -2.24. The van der Waals surface area contributed by atoms with E-state index in [0.29, 0.717) is 44.0 Å². The standard InChI is InChI=1S/C23H29FN4O/c24-20-10-2-1-5-18(20)13-21-25-26-22-15-27(11-12-28(21)22)23(29)14-19(16-6-3-7-16)17-8-4-9-17/h1-2,5,10,16-17,19H,3-4,6-9,11-15H2. The lowest BCUT2D eigenvalue weighted by atomic mass is 9.63. The van der Waals surface area contributed by atoms with E-state index in [1.165, 1.54) is 44.6 Å². The molecule has 1 amide bonds. The molecule has 2 aliphatic carbocycles. The van der Waals surface area contributed by atoms with Crippen molar-refractivity contribution < 1.29 is 9.18 Å². The number of aromatic nitrogens is 3. The van der Waals surface area contributed by atoms with Crippen LogP contribution in [-0.4, -0.2) is 32.1 Å². The molecule has 2 saturated carbocycles.